The first-order valence-electron chi connectivity index (χ1n) is 0.830. The molecule has 4 heteroatoms. The second-order valence-electron chi connectivity index (χ2n) is 0.464. The summed E-state index contributed by atoms with van der Waals surface area (Å²) in [6.45, 7) is 0. The van der Waals surface area contributed by atoms with Gasteiger partial charge in [0.05, 0.1) is 0 Å². The predicted octanol–water partition coefficient (Wildman–Crippen LogP) is -0.999. The van der Waals surface area contributed by atoms with Crippen LogP contribution in [0.1, 0.15) is 0 Å². The summed E-state index contributed by atoms with van der Waals surface area (Å²) >= 11 is 0. The molecule has 0 spiro atoms. The Bertz CT molecular complexity index is 29.0. The Kier molecular flexibility index (Phi) is 1.69. The molecule has 0 aliphatic heterocycles. The SMILES string of the molecule is O=[P+](O)[SiH3]. The van der Waals surface area contributed by atoms with Crippen LogP contribution in [-0.2, 0) is 4.57 Å². The van der Waals surface area contributed by atoms with Crippen LogP contribution >= 0.6 is 7.58 Å². The molecule has 0 fully saturated rings. The highest BCUT2D eigenvalue weighted by Gasteiger charge is 1.84. The van der Waals surface area contributed by atoms with Crippen molar-refractivity contribution < 1.29 is 9.46 Å². The summed E-state index contributed by atoms with van der Waals surface area (Å²) in [5.74, 6) is 0. The molecule has 0 saturated carbocycles. The molecule has 0 heterocycles. The number of hydrogen-bond donors (Lipinski definition) is 1. The Morgan fingerprint density at radius 1 is 2.00 bits per heavy atom. The standard InChI is InChI=1S/H3O2PSi/c1-3(2)4/h4H3/p+1. The average molecular weight is 95.1 g/mol. The van der Waals surface area contributed by atoms with Crippen LogP contribution in [0.3, 0.4) is 0 Å². The molecule has 0 aliphatic carbocycles. The van der Waals surface area contributed by atoms with E-state index >= 15 is 0 Å². The highest BCUT2D eigenvalue weighted by atomic mass is 31.4. The summed E-state index contributed by atoms with van der Waals surface area (Å²) < 4.78 is 9.21. The van der Waals surface area contributed by atoms with Gasteiger partial charge in [-0.25, -0.2) is 0 Å². The van der Waals surface area contributed by atoms with E-state index in [1.54, 1.807) is 0 Å². The Morgan fingerprint density at radius 2 is 2.00 bits per heavy atom. The summed E-state index contributed by atoms with van der Waals surface area (Å²) in [6.07, 6.45) is 0. The van der Waals surface area contributed by atoms with E-state index in [4.69, 9.17) is 4.89 Å². The largest absolute Gasteiger partial charge is 0.416 e. The molecule has 1 unspecified atom stereocenters. The van der Waals surface area contributed by atoms with E-state index in [0.717, 1.165) is 0 Å². The first-order valence-corrected chi connectivity index (χ1v) is 5.17. The molecule has 0 rings (SSSR count). The molecule has 1 N–H and O–H groups in total. The molecule has 0 saturated heterocycles. The van der Waals surface area contributed by atoms with Gasteiger partial charge in [-0.05, 0) is 0 Å². The van der Waals surface area contributed by atoms with Crippen LogP contribution in [-0.4, -0.2) is 14.8 Å². The lowest BCUT2D eigenvalue weighted by molar-refractivity contribution is 0.518. The van der Waals surface area contributed by atoms with Gasteiger partial charge in [0.15, 0.2) is 0 Å². The number of hydrogen-bond acceptors (Lipinski definition) is 1. The molecule has 1 atom stereocenters. The first kappa shape index (κ1) is 4.28. The fourth-order valence-electron chi connectivity index (χ4n) is 0. The zero-order valence-electron chi connectivity index (χ0n) is 2.30. The Labute approximate surface area is 28.0 Å². The van der Waals surface area contributed by atoms with Crippen molar-refractivity contribution in [1.82, 2.24) is 0 Å². The maximum absolute atomic E-state index is 9.21. The lowest BCUT2D eigenvalue weighted by Gasteiger charge is -1.38. The summed E-state index contributed by atoms with van der Waals surface area (Å²) in [6, 6.07) is 0. The van der Waals surface area contributed by atoms with Gasteiger partial charge in [-0.3, -0.25) is 0 Å². The van der Waals surface area contributed by atoms with E-state index in [-0.39, 0.29) is 0 Å². The van der Waals surface area contributed by atoms with E-state index in [9.17, 15) is 4.57 Å². The van der Waals surface area contributed by atoms with Gasteiger partial charge in [-0.2, -0.15) is 4.89 Å². The lowest BCUT2D eigenvalue weighted by atomic mass is 15.9. The summed E-state index contributed by atoms with van der Waals surface area (Å²) in [7, 11) is -1.32. The van der Waals surface area contributed by atoms with Crippen molar-refractivity contribution >= 4 is 17.5 Å². The van der Waals surface area contributed by atoms with Crippen molar-refractivity contribution in [3.05, 3.63) is 0 Å². The molecule has 0 aromatic carbocycles. The van der Waals surface area contributed by atoms with Crippen LogP contribution in [0.2, 0.25) is 0 Å². The third-order valence-electron chi connectivity index (χ3n) is 0. The van der Waals surface area contributed by atoms with Crippen LogP contribution in [0.25, 0.3) is 0 Å². The number of rotatable bonds is 0. The van der Waals surface area contributed by atoms with Gasteiger partial charge < -0.3 is 0 Å². The lowest BCUT2D eigenvalue weighted by Crippen LogP contribution is -1.40. The van der Waals surface area contributed by atoms with Crippen molar-refractivity contribution in [3.63, 3.8) is 0 Å². The maximum Gasteiger partial charge on any atom is 0.416 e. The van der Waals surface area contributed by atoms with Crippen LogP contribution in [0.5, 0.6) is 0 Å². The molecule has 0 radical (unpaired) electrons. The second kappa shape index (κ2) is 1.58. The molecule has 2 nitrogen and oxygen atoms in total. The fraction of sp³-hybridized carbons (Fsp3) is 0. The van der Waals surface area contributed by atoms with Crippen molar-refractivity contribution in [3.8, 4) is 0 Å². The van der Waals surface area contributed by atoms with E-state index in [0.29, 0.717) is 9.91 Å². The van der Waals surface area contributed by atoms with Crippen molar-refractivity contribution in [2.75, 3.05) is 0 Å². The Hall–Kier alpha value is 0.277. The quantitative estimate of drug-likeness (QED) is 0.309. The Morgan fingerprint density at radius 3 is 2.00 bits per heavy atom. The van der Waals surface area contributed by atoms with E-state index in [1.165, 1.54) is 0 Å². The van der Waals surface area contributed by atoms with E-state index in [1.807, 2.05) is 0 Å². The van der Waals surface area contributed by atoms with Crippen molar-refractivity contribution in [1.29, 1.82) is 0 Å². The normalized spacial score (nSPS) is 11.8. The molecule has 0 amide bonds. The summed E-state index contributed by atoms with van der Waals surface area (Å²) in [5.41, 5.74) is 0. The molecule has 4 heavy (non-hydrogen) atoms. The average Bonchev–Trinajstić information content (AvgIpc) is 0.811. The topological polar surface area (TPSA) is 37.3 Å². The van der Waals surface area contributed by atoms with Crippen LogP contribution in [0, 0.1) is 0 Å². The minimum absolute atomic E-state index is 0.414. The molecular formula is H4O2PSi+. The van der Waals surface area contributed by atoms with Gasteiger partial charge in [0.25, 0.3) is 0 Å². The van der Waals surface area contributed by atoms with Gasteiger partial charge in [0.1, 0.15) is 0 Å². The van der Waals surface area contributed by atoms with Crippen LogP contribution < -0.4 is 0 Å². The van der Waals surface area contributed by atoms with Gasteiger partial charge in [0.2, 0.25) is 0 Å². The smallest absolute Gasteiger partial charge is 0.175 e. The van der Waals surface area contributed by atoms with Gasteiger partial charge >= 0.3 is 17.5 Å². The molecule has 0 aromatic rings. The third-order valence-corrected chi connectivity index (χ3v) is 0. The minimum Gasteiger partial charge on any atom is -0.175 e. The highest BCUT2D eigenvalue weighted by Crippen LogP contribution is 1.97. The van der Waals surface area contributed by atoms with Gasteiger partial charge in [-0.15, -0.1) is 0 Å². The van der Waals surface area contributed by atoms with E-state index in [2.05, 4.69) is 0 Å². The molecule has 0 aliphatic rings. The molecule has 0 bridgehead atoms. The minimum atomic E-state index is -1.73. The third kappa shape index (κ3) is 48.4. The summed E-state index contributed by atoms with van der Waals surface area (Å²) in [4.78, 5) is 7.63. The van der Waals surface area contributed by atoms with Gasteiger partial charge in [-0.1, -0.05) is 4.57 Å². The van der Waals surface area contributed by atoms with Crippen LogP contribution in [0.4, 0.5) is 0 Å². The Balaban J connectivity index is 2.80. The maximum atomic E-state index is 9.21. The second-order valence-corrected chi connectivity index (χ2v) is 3.69. The highest BCUT2D eigenvalue weighted by molar-refractivity contribution is 7.66. The molecule has 24 valence electrons. The van der Waals surface area contributed by atoms with Gasteiger partial charge in [0, 0.05) is 0 Å². The fourth-order valence-corrected chi connectivity index (χ4v) is 0. The van der Waals surface area contributed by atoms with Crippen molar-refractivity contribution in [2.45, 2.75) is 0 Å². The first-order chi connectivity index (χ1) is 1.73. The predicted molar refractivity (Wildman–Crippen MR) is 19.8 cm³/mol. The monoisotopic (exact) mass is 95.0 g/mol. The van der Waals surface area contributed by atoms with Crippen molar-refractivity contribution in [2.24, 2.45) is 0 Å². The van der Waals surface area contributed by atoms with E-state index < -0.39 is 7.58 Å². The zero-order valence-corrected chi connectivity index (χ0v) is 5.20. The molecule has 0 aromatic heterocycles. The zero-order chi connectivity index (χ0) is 3.58. The molecular weight excluding hydrogens is 91.1 g/mol. The van der Waals surface area contributed by atoms with Crippen LogP contribution in [0.15, 0.2) is 0 Å². The summed E-state index contributed by atoms with van der Waals surface area (Å²) in [5, 5.41) is 0.